The van der Waals surface area contributed by atoms with Crippen molar-refractivity contribution in [2.75, 3.05) is 0 Å². The van der Waals surface area contributed by atoms with Crippen molar-refractivity contribution < 1.29 is 8.78 Å². The zero-order chi connectivity index (χ0) is 11.4. The van der Waals surface area contributed by atoms with E-state index in [4.69, 9.17) is 0 Å². The third kappa shape index (κ3) is 2.69. The van der Waals surface area contributed by atoms with Gasteiger partial charge in [-0.25, -0.2) is 0 Å². The first-order valence-corrected chi connectivity index (χ1v) is 6.95. The molecule has 0 aromatic heterocycles. The second kappa shape index (κ2) is 5.24. The molecule has 0 nitrogen and oxygen atoms in total. The molecule has 0 saturated carbocycles. The molecule has 0 fully saturated rings. The molecule has 0 bridgehead atoms. The molecule has 2 aromatic carbocycles. The minimum atomic E-state index is -0.763. The van der Waals surface area contributed by atoms with Crippen LogP contribution in [0.2, 0.25) is 0 Å². The van der Waals surface area contributed by atoms with Crippen LogP contribution in [-0.2, 0) is 5.32 Å². The fourth-order valence-corrected chi connectivity index (χ4v) is 3.21. The molecule has 0 atom stereocenters. The molecule has 2 aromatic rings. The third-order valence-electron chi connectivity index (χ3n) is 2.17. The predicted octanol–water partition coefficient (Wildman–Crippen LogP) is 2.49. The van der Waals surface area contributed by atoms with Crippen molar-refractivity contribution >= 4 is 19.4 Å². The Labute approximate surface area is 99.5 Å². The SMILES string of the molecule is Fc1cccc(C[Se]c2ccccc2)c1F. The normalized spacial score (nSPS) is 10.4. The van der Waals surface area contributed by atoms with Crippen LogP contribution < -0.4 is 4.46 Å². The monoisotopic (exact) mass is 284 g/mol. The molecule has 0 aliphatic rings. The minimum absolute atomic E-state index is 0.149. The van der Waals surface area contributed by atoms with Crippen LogP contribution in [0.15, 0.2) is 48.5 Å². The van der Waals surface area contributed by atoms with Gasteiger partial charge < -0.3 is 0 Å². The molecule has 82 valence electrons. The summed E-state index contributed by atoms with van der Waals surface area (Å²) in [7, 11) is 0. The maximum absolute atomic E-state index is 13.3. The molecule has 3 heteroatoms. The van der Waals surface area contributed by atoms with Gasteiger partial charge in [0, 0.05) is 0 Å². The Morgan fingerprint density at radius 1 is 0.875 bits per heavy atom. The predicted molar refractivity (Wildman–Crippen MR) is 61.9 cm³/mol. The topological polar surface area (TPSA) is 0 Å². The van der Waals surface area contributed by atoms with Gasteiger partial charge >= 0.3 is 99.2 Å². The summed E-state index contributed by atoms with van der Waals surface area (Å²) in [5, 5.41) is 0.584. The van der Waals surface area contributed by atoms with Crippen molar-refractivity contribution in [3.63, 3.8) is 0 Å². The van der Waals surface area contributed by atoms with Gasteiger partial charge in [0.2, 0.25) is 0 Å². The molecule has 0 unspecified atom stereocenters. The fourth-order valence-electron chi connectivity index (χ4n) is 1.34. The van der Waals surface area contributed by atoms with Crippen LogP contribution in [0.1, 0.15) is 5.56 Å². The van der Waals surface area contributed by atoms with Gasteiger partial charge in [0.1, 0.15) is 0 Å². The van der Waals surface area contributed by atoms with Crippen molar-refractivity contribution in [2.24, 2.45) is 0 Å². The zero-order valence-electron chi connectivity index (χ0n) is 8.49. The van der Waals surface area contributed by atoms with E-state index in [1.807, 2.05) is 30.3 Å². The van der Waals surface area contributed by atoms with E-state index >= 15 is 0 Å². The number of hydrogen-bond acceptors (Lipinski definition) is 0. The van der Waals surface area contributed by atoms with Crippen LogP contribution in [0.25, 0.3) is 0 Å². The van der Waals surface area contributed by atoms with Gasteiger partial charge in [-0.2, -0.15) is 0 Å². The molecule has 0 aliphatic carbocycles. The number of rotatable bonds is 3. The van der Waals surface area contributed by atoms with Crippen molar-refractivity contribution in [1.82, 2.24) is 0 Å². The van der Waals surface area contributed by atoms with E-state index < -0.39 is 11.6 Å². The molecular formula is C13H10F2Se. The van der Waals surface area contributed by atoms with Gasteiger partial charge in [0.15, 0.2) is 0 Å². The number of hydrogen-bond donors (Lipinski definition) is 0. The van der Waals surface area contributed by atoms with E-state index in [0.29, 0.717) is 10.9 Å². The average molecular weight is 283 g/mol. The first kappa shape index (κ1) is 11.3. The standard InChI is InChI=1S/C13H10F2Se/c14-12-8-4-5-10(13(12)15)9-16-11-6-2-1-3-7-11/h1-8H,9H2. The van der Waals surface area contributed by atoms with Crippen LogP contribution in [0.5, 0.6) is 0 Å². The van der Waals surface area contributed by atoms with Gasteiger partial charge in [0.05, 0.1) is 0 Å². The van der Waals surface area contributed by atoms with Gasteiger partial charge in [-0.15, -0.1) is 0 Å². The fraction of sp³-hybridized carbons (Fsp3) is 0.0769. The van der Waals surface area contributed by atoms with E-state index in [0.717, 1.165) is 6.07 Å². The summed E-state index contributed by atoms with van der Waals surface area (Å²) in [4.78, 5) is 0. The molecule has 0 N–H and O–H groups in total. The van der Waals surface area contributed by atoms with Gasteiger partial charge in [0.25, 0.3) is 0 Å². The first-order valence-electron chi connectivity index (χ1n) is 4.88. The first-order chi connectivity index (χ1) is 7.77. The van der Waals surface area contributed by atoms with E-state index in [2.05, 4.69) is 0 Å². The van der Waals surface area contributed by atoms with Crippen molar-refractivity contribution in [1.29, 1.82) is 0 Å². The Morgan fingerprint density at radius 3 is 2.38 bits per heavy atom. The molecule has 0 spiro atoms. The summed E-state index contributed by atoms with van der Waals surface area (Å²) in [6, 6.07) is 14.2. The van der Waals surface area contributed by atoms with Crippen LogP contribution in [-0.4, -0.2) is 15.0 Å². The Kier molecular flexibility index (Phi) is 3.70. The maximum atomic E-state index is 13.3. The molecule has 0 aliphatic heterocycles. The Hall–Kier alpha value is -1.18. The molecule has 0 radical (unpaired) electrons. The van der Waals surface area contributed by atoms with Crippen LogP contribution in [0, 0.1) is 11.6 Å². The van der Waals surface area contributed by atoms with E-state index in [9.17, 15) is 8.78 Å². The van der Waals surface area contributed by atoms with E-state index in [-0.39, 0.29) is 15.0 Å². The molecular weight excluding hydrogens is 273 g/mol. The summed E-state index contributed by atoms with van der Waals surface area (Å²) >= 11 is 0.149. The van der Waals surface area contributed by atoms with Crippen LogP contribution in [0.4, 0.5) is 8.78 Å². The number of halogens is 2. The quantitative estimate of drug-likeness (QED) is 0.759. The van der Waals surface area contributed by atoms with Gasteiger partial charge in [-0.1, -0.05) is 0 Å². The second-order valence-corrected chi connectivity index (χ2v) is 5.52. The molecule has 2 rings (SSSR count). The van der Waals surface area contributed by atoms with Crippen LogP contribution in [0.3, 0.4) is 0 Å². The summed E-state index contributed by atoms with van der Waals surface area (Å²) in [6.07, 6.45) is 0. The Balaban J connectivity index is 2.08. The van der Waals surface area contributed by atoms with Gasteiger partial charge in [-0.3, -0.25) is 0 Å². The Morgan fingerprint density at radius 2 is 1.62 bits per heavy atom. The average Bonchev–Trinajstić information content (AvgIpc) is 2.32. The summed E-state index contributed by atoms with van der Waals surface area (Å²) in [5.41, 5.74) is 0.462. The Bertz CT molecular complexity index is 469. The molecule has 0 heterocycles. The zero-order valence-corrected chi connectivity index (χ0v) is 10.2. The third-order valence-corrected chi connectivity index (χ3v) is 4.39. The van der Waals surface area contributed by atoms with Crippen molar-refractivity contribution in [3.8, 4) is 0 Å². The summed E-state index contributed by atoms with van der Waals surface area (Å²) < 4.78 is 27.5. The van der Waals surface area contributed by atoms with Crippen molar-refractivity contribution in [3.05, 3.63) is 65.7 Å². The van der Waals surface area contributed by atoms with E-state index in [1.54, 1.807) is 12.1 Å². The number of benzene rings is 2. The van der Waals surface area contributed by atoms with Gasteiger partial charge in [-0.05, 0) is 0 Å². The molecule has 16 heavy (non-hydrogen) atoms. The van der Waals surface area contributed by atoms with Crippen molar-refractivity contribution in [2.45, 2.75) is 5.32 Å². The second-order valence-electron chi connectivity index (χ2n) is 3.31. The molecule has 0 saturated heterocycles. The summed E-state index contributed by atoms with van der Waals surface area (Å²) in [5.74, 6) is -1.47. The summed E-state index contributed by atoms with van der Waals surface area (Å²) in [6.45, 7) is 0. The van der Waals surface area contributed by atoms with Crippen LogP contribution >= 0.6 is 0 Å². The van der Waals surface area contributed by atoms with E-state index in [1.165, 1.54) is 4.46 Å². The molecule has 0 amide bonds.